The second-order valence-electron chi connectivity index (χ2n) is 3.98. The van der Waals surface area contributed by atoms with E-state index >= 15 is 0 Å². The summed E-state index contributed by atoms with van der Waals surface area (Å²) < 4.78 is 0. The lowest BCUT2D eigenvalue weighted by molar-refractivity contribution is 0.0416. The van der Waals surface area contributed by atoms with Crippen molar-refractivity contribution in [3.05, 3.63) is 0 Å². The fraction of sp³-hybridized carbons (Fsp3) is 1.00. The van der Waals surface area contributed by atoms with Gasteiger partial charge in [-0.1, -0.05) is 39.5 Å². The van der Waals surface area contributed by atoms with Crippen LogP contribution in [-0.2, 0) is 0 Å². The number of hydrogen-bond acceptors (Lipinski definition) is 2. The lowest BCUT2D eigenvalue weighted by atomic mass is 9.81. The largest absolute Gasteiger partial charge is 0.396 e. The van der Waals surface area contributed by atoms with Crippen LogP contribution in [0.4, 0.5) is 0 Å². The maximum absolute atomic E-state index is 9.17. The van der Waals surface area contributed by atoms with Crippen LogP contribution in [0.25, 0.3) is 0 Å². The summed E-state index contributed by atoms with van der Waals surface area (Å²) in [5.41, 5.74) is -0.215. The molecule has 0 heterocycles. The van der Waals surface area contributed by atoms with E-state index < -0.39 is 0 Å². The smallest absolute Gasteiger partial charge is 0.0509 e. The number of aliphatic hydroxyl groups is 2. The monoisotopic (exact) mass is 188 g/mol. The van der Waals surface area contributed by atoms with E-state index in [9.17, 15) is 10.2 Å². The number of hydrogen-bond donors (Lipinski definition) is 2. The first-order valence-corrected chi connectivity index (χ1v) is 5.46. The molecule has 0 aliphatic heterocycles. The molecule has 0 rings (SSSR count). The molecule has 0 aliphatic carbocycles. The standard InChI is InChI=1S/C11H24O2/c1-3-5-6-7-8-11(4-2,9-12)10-13/h12-13H,3-10H2,1-2H3. The zero-order valence-electron chi connectivity index (χ0n) is 9.05. The first-order valence-electron chi connectivity index (χ1n) is 5.46. The third-order valence-corrected chi connectivity index (χ3v) is 2.98. The van der Waals surface area contributed by atoms with Gasteiger partial charge in [0.2, 0.25) is 0 Å². The summed E-state index contributed by atoms with van der Waals surface area (Å²) in [4.78, 5) is 0. The molecule has 0 aromatic heterocycles. The Morgan fingerprint density at radius 1 is 0.923 bits per heavy atom. The van der Waals surface area contributed by atoms with Crippen LogP contribution < -0.4 is 0 Å². The molecule has 2 N–H and O–H groups in total. The highest BCUT2D eigenvalue weighted by Gasteiger charge is 2.25. The zero-order valence-corrected chi connectivity index (χ0v) is 9.05. The number of unbranched alkanes of at least 4 members (excludes halogenated alkanes) is 3. The fourth-order valence-corrected chi connectivity index (χ4v) is 1.54. The SMILES string of the molecule is CCCCCCC(CC)(CO)CO. The van der Waals surface area contributed by atoms with Gasteiger partial charge in [-0.2, -0.15) is 0 Å². The molecule has 0 unspecified atom stereocenters. The highest BCUT2D eigenvalue weighted by Crippen LogP contribution is 2.27. The normalized spacial score (nSPS) is 12.0. The third-order valence-electron chi connectivity index (χ3n) is 2.98. The molecule has 0 fully saturated rings. The molecule has 13 heavy (non-hydrogen) atoms. The molecular weight excluding hydrogens is 164 g/mol. The predicted octanol–water partition coefficient (Wildman–Crippen LogP) is 2.34. The zero-order chi connectivity index (χ0) is 10.2. The summed E-state index contributed by atoms with van der Waals surface area (Å²) in [5, 5.41) is 18.3. The lowest BCUT2D eigenvalue weighted by Crippen LogP contribution is -2.28. The first kappa shape index (κ1) is 12.9. The van der Waals surface area contributed by atoms with Crippen molar-refractivity contribution in [1.29, 1.82) is 0 Å². The Morgan fingerprint density at radius 2 is 1.54 bits per heavy atom. The quantitative estimate of drug-likeness (QED) is 0.574. The molecular formula is C11H24O2. The Kier molecular flexibility index (Phi) is 7.29. The summed E-state index contributed by atoms with van der Waals surface area (Å²) in [5.74, 6) is 0. The molecule has 0 saturated carbocycles. The van der Waals surface area contributed by atoms with Gasteiger partial charge in [0.1, 0.15) is 0 Å². The van der Waals surface area contributed by atoms with Crippen LogP contribution in [0.2, 0.25) is 0 Å². The van der Waals surface area contributed by atoms with Crippen molar-refractivity contribution in [3.8, 4) is 0 Å². The number of rotatable bonds is 8. The predicted molar refractivity (Wildman–Crippen MR) is 55.7 cm³/mol. The van der Waals surface area contributed by atoms with Crippen LogP contribution in [0, 0.1) is 5.41 Å². The van der Waals surface area contributed by atoms with Gasteiger partial charge in [0.05, 0.1) is 13.2 Å². The Bertz CT molecular complexity index is 100. The van der Waals surface area contributed by atoms with Crippen LogP contribution in [0.15, 0.2) is 0 Å². The maximum Gasteiger partial charge on any atom is 0.0509 e. The highest BCUT2D eigenvalue weighted by molar-refractivity contribution is 4.75. The van der Waals surface area contributed by atoms with E-state index in [1.54, 1.807) is 0 Å². The lowest BCUT2D eigenvalue weighted by Gasteiger charge is -2.28. The van der Waals surface area contributed by atoms with Crippen LogP contribution in [0.1, 0.15) is 52.4 Å². The Balaban J connectivity index is 3.68. The van der Waals surface area contributed by atoms with Gasteiger partial charge < -0.3 is 10.2 Å². The fourth-order valence-electron chi connectivity index (χ4n) is 1.54. The summed E-state index contributed by atoms with van der Waals surface area (Å²) in [6.07, 6.45) is 6.66. The minimum atomic E-state index is -0.215. The van der Waals surface area contributed by atoms with Gasteiger partial charge in [0, 0.05) is 5.41 Å². The summed E-state index contributed by atoms with van der Waals surface area (Å²) >= 11 is 0. The minimum Gasteiger partial charge on any atom is -0.396 e. The van der Waals surface area contributed by atoms with Crippen LogP contribution in [-0.4, -0.2) is 23.4 Å². The molecule has 0 bridgehead atoms. The molecule has 2 heteroatoms. The molecule has 0 spiro atoms. The molecule has 0 atom stereocenters. The first-order chi connectivity index (χ1) is 6.24. The van der Waals surface area contributed by atoms with Crippen LogP contribution in [0.3, 0.4) is 0 Å². The molecule has 2 nitrogen and oxygen atoms in total. The van der Waals surface area contributed by atoms with E-state index in [1.165, 1.54) is 19.3 Å². The van der Waals surface area contributed by atoms with Crippen molar-refractivity contribution in [2.45, 2.75) is 52.4 Å². The van der Waals surface area contributed by atoms with Gasteiger partial charge in [-0.3, -0.25) is 0 Å². The molecule has 80 valence electrons. The molecule has 0 radical (unpaired) electrons. The summed E-state index contributed by atoms with van der Waals surface area (Å²) in [6, 6.07) is 0. The van der Waals surface area contributed by atoms with E-state index in [2.05, 4.69) is 6.92 Å². The number of aliphatic hydroxyl groups excluding tert-OH is 2. The second kappa shape index (κ2) is 7.34. The topological polar surface area (TPSA) is 40.5 Å². The van der Waals surface area contributed by atoms with Gasteiger partial charge in [0.15, 0.2) is 0 Å². The summed E-state index contributed by atoms with van der Waals surface area (Å²) in [6.45, 7) is 4.45. The van der Waals surface area contributed by atoms with Gasteiger partial charge in [-0.05, 0) is 12.8 Å². The van der Waals surface area contributed by atoms with E-state index in [0.29, 0.717) is 0 Å². The van der Waals surface area contributed by atoms with E-state index in [1.807, 2.05) is 6.92 Å². The van der Waals surface area contributed by atoms with Gasteiger partial charge >= 0.3 is 0 Å². The van der Waals surface area contributed by atoms with Crippen molar-refractivity contribution >= 4 is 0 Å². The summed E-state index contributed by atoms with van der Waals surface area (Å²) in [7, 11) is 0. The van der Waals surface area contributed by atoms with Crippen molar-refractivity contribution in [3.63, 3.8) is 0 Å². The Morgan fingerprint density at radius 3 is 1.92 bits per heavy atom. The van der Waals surface area contributed by atoms with Crippen molar-refractivity contribution in [2.75, 3.05) is 13.2 Å². The molecule has 0 aromatic carbocycles. The Hall–Kier alpha value is -0.0800. The molecule has 0 aliphatic rings. The van der Waals surface area contributed by atoms with Crippen LogP contribution in [0.5, 0.6) is 0 Å². The highest BCUT2D eigenvalue weighted by atomic mass is 16.3. The average molecular weight is 188 g/mol. The van der Waals surface area contributed by atoms with E-state index in [0.717, 1.165) is 19.3 Å². The van der Waals surface area contributed by atoms with E-state index in [-0.39, 0.29) is 18.6 Å². The maximum atomic E-state index is 9.17. The second-order valence-corrected chi connectivity index (χ2v) is 3.98. The molecule has 0 aromatic rings. The van der Waals surface area contributed by atoms with Gasteiger partial charge in [0.25, 0.3) is 0 Å². The van der Waals surface area contributed by atoms with Crippen molar-refractivity contribution in [1.82, 2.24) is 0 Å². The third kappa shape index (κ3) is 4.63. The average Bonchev–Trinajstić information content (AvgIpc) is 2.20. The van der Waals surface area contributed by atoms with Crippen molar-refractivity contribution in [2.24, 2.45) is 5.41 Å². The Labute approximate surface area is 82.0 Å². The van der Waals surface area contributed by atoms with Gasteiger partial charge in [-0.25, -0.2) is 0 Å². The van der Waals surface area contributed by atoms with Gasteiger partial charge in [-0.15, -0.1) is 0 Å². The van der Waals surface area contributed by atoms with Crippen LogP contribution >= 0.6 is 0 Å². The molecule has 0 saturated heterocycles. The minimum absolute atomic E-state index is 0.117. The van der Waals surface area contributed by atoms with E-state index in [4.69, 9.17) is 0 Å². The molecule has 0 amide bonds. The van der Waals surface area contributed by atoms with Crippen molar-refractivity contribution < 1.29 is 10.2 Å².